The summed E-state index contributed by atoms with van der Waals surface area (Å²) in [7, 11) is 0. The number of unbranched alkanes of at least 4 members (excludes halogenated alkanes) is 10. The predicted octanol–water partition coefficient (Wildman–Crippen LogP) is 13.4. The van der Waals surface area contributed by atoms with E-state index in [1.807, 2.05) is 0 Å². The van der Waals surface area contributed by atoms with Crippen LogP contribution in [0, 0.1) is 0 Å². The van der Waals surface area contributed by atoms with E-state index in [1.54, 1.807) is 0 Å². The molecule has 0 aromatic carbocycles. The maximum Gasteiger partial charge on any atom is 0.326 e. The number of allylic oxidation sites excluding steroid dienone is 16. The van der Waals surface area contributed by atoms with Crippen LogP contribution in [0.4, 0.5) is 0 Å². The van der Waals surface area contributed by atoms with Crippen molar-refractivity contribution in [2.24, 2.45) is 5.73 Å². The van der Waals surface area contributed by atoms with Gasteiger partial charge in [-0.1, -0.05) is 143 Å². The van der Waals surface area contributed by atoms with Crippen molar-refractivity contribution in [1.29, 1.82) is 0 Å². The molecule has 0 aliphatic rings. The van der Waals surface area contributed by atoms with Crippen LogP contribution >= 0.6 is 0 Å². The molecule has 0 aliphatic heterocycles. The van der Waals surface area contributed by atoms with Crippen molar-refractivity contribution >= 4 is 17.8 Å². The normalized spacial score (nSPS) is 13.6. The van der Waals surface area contributed by atoms with Gasteiger partial charge in [-0.15, -0.1) is 0 Å². The van der Waals surface area contributed by atoms with Gasteiger partial charge in [-0.2, -0.15) is 0 Å². The minimum Gasteiger partial charge on any atom is -0.480 e. The number of nitrogens with one attached hydrogen (secondary N) is 1. The van der Waals surface area contributed by atoms with Gasteiger partial charge in [0, 0.05) is 12.8 Å². The Labute approximate surface area is 355 Å². The van der Waals surface area contributed by atoms with E-state index in [9.17, 15) is 19.5 Å². The second-order valence-electron chi connectivity index (χ2n) is 15.0. The number of nitrogens with two attached hydrogens (primary N) is 1. The van der Waals surface area contributed by atoms with Gasteiger partial charge in [-0.3, -0.25) is 9.59 Å². The van der Waals surface area contributed by atoms with Crippen LogP contribution in [-0.4, -0.2) is 41.6 Å². The molecule has 0 spiro atoms. The fraction of sp³-hybridized carbons (Fsp3) is 0.627. The molecular weight excluding hydrogens is 721 g/mol. The Bertz CT molecular complexity index is 1230. The van der Waals surface area contributed by atoms with Crippen molar-refractivity contribution < 1.29 is 24.2 Å². The van der Waals surface area contributed by atoms with Gasteiger partial charge < -0.3 is 20.9 Å². The highest BCUT2D eigenvalue weighted by Gasteiger charge is 2.19. The van der Waals surface area contributed by atoms with E-state index in [2.05, 4.69) is 116 Å². The molecule has 0 aromatic heterocycles. The fourth-order valence-corrected chi connectivity index (χ4v) is 6.26. The standard InChI is InChI=1S/C51H84N2O5/c1-3-5-7-9-11-13-15-17-19-20-22-24-26-28-30-35-39-45-50(55)58-47(41-36-32-29-27-25-23-21-18-16-14-12-10-8-6-4-2)42-37-33-31-34-38-44-49(54)53-48(51(56)57)43-40-46-52/h5-8,11-14,17-19,21-22,24-25,27,47-48H,3-4,9-10,15-16,20,23,26,28-46,52H2,1-2H3,(H,53,54)(H,56,57)/b7-5-,8-6-,13-11-,14-12-,19-17-,21-18-,24-22-,27-25-. The zero-order valence-corrected chi connectivity index (χ0v) is 36.8. The van der Waals surface area contributed by atoms with E-state index in [0.29, 0.717) is 32.2 Å². The SMILES string of the molecule is CC/C=C\C/C=C\C/C=C\C/C=C\CCCCCCC(=O)OC(CCCC/C=C\C/C=C\C/C=C\C/C=C\CC)CCCCCCCC(=O)NC(CCCN)C(=O)O. The van der Waals surface area contributed by atoms with E-state index in [0.717, 1.165) is 148 Å². The molecule has 7 heteroatoms. The first-order valence-electron chi connectivity index (χ1n) is 23.1. The number of carboxylic acids is 1. The third-order valence-corrected chi connectivity index (χ3v) is 9.64. The number of hydrogen-bond donors (Lipinski definition) is 3. The van der Waals surface area contributed by atoms with Crippen molar-refractivity contribution in [1.82, 2.24) is 5.32 Å². The Morgan fingerprint density at radius 2 is 0.897 bits per heavy atom. The van der Waals surface area contributed by atoms with E-state index < -0.39 is 12.0 Å². The lowest BCUT2D eigenvalue weighted by Crippen LogP contribution is -2.40. The number of rotatable bonds is 40. The minimum absolute atomic E-state index is 0.0460. The van der Waals surface area contributed by atoms with Crippen LogP contribution in [0.2, 0.25) is 0 Å². The summed E-state index contributed by atoms with van der Waals surface area (Å²) in [5, 5.41) is 11.9. The van der Waals surface area contributed by atoms with E-state index >= 15 is 0 Å². The topological polar surface area (TPSA) is 119 Å². The second-order valence-corrected chi connectivity index (χ2v) is 15.0. The molecule has 0 aliphatic carbocycles. The first-order valence-corrected chi connectivity index (χ1v) is 23.1. The Balaban J connectivity index is 4.49. The number of carbonyl (C=O) groups is 3. The molecule has 0 bridgehead atoms. The Morgan fingerprint density at radius 3 is 1.38 bits per heavy atom. The molecule has 0 aromatic rings. The number of aliphatic carboxylic acids is 1. The van der Waals surface area contributed by atoms with Gasteiger partial charge in [0.05, 0.1) is 0 Å². The van der Waals surface area contributed by atoms with Crippen LogP contribution in [0.5, 0.6) is 0 Å². The number of hydrogen-bond acceptors (Lipinski definition) is 5. The Hall–Kier alpha value is -3.71. The first-order chi connectivity index (χ1) is 28.4. The van der Waals surface area contributed by atoms with Crippen LogP contribution in [0.25, 0.3) is 0 Å². The maximum atomic E-state index is 12.8. The summed E-state index contributed by atoms with van der Waals surface area (Å²) >= 11 is 0. The summed E-state index contributed by atoms with van der Waals surface area (Å²) in [6.45, 7) is 4.71. The molecule has 0 heterocycles. The molecular formula is C51H84N2O5. The third-order valence-electron chi connectivity index (χ3n) is 9.64. The average molecular weight is 805 g/mol. The summed E-state index contributed by atoms with van der Waals surface area (Å²) in [5.74, 6) is -1.30. The van der Waals surface area contributed by atoms with Gasteiger partial charge in [-0.25, -0.2) is 4.79 Å². The zero-order chi connectivity index (χ0) is 42.4. The summed E-state index contributed by atoms with van der Waals surface area (Å²) in [6.07, 6.45) is 60.2. The van der Waals surface area contributed by atoms with Gasteiger partial charge in [0.2, 0.25) is 5.91 Å². The lowest BCUT2D eigenvalue weighted by molar-refractivity contribution is -0.150. The lowest BCUT2D eigenvalue weighted by atomic mass is 10.0. The highest BCUT2D eigenvalue weighted by atomic mass is 16.5. The van der Waals surface area contributed by atoms with Crippen LogP contribution in [0.15, 0.2) is 97.2 Å². The number of carbonyl (C=O) groups excluding carboxylic acids is 2. The van der Waals surface area contributed by atoms with Gasteiger partial charge in [0.15, 0.2) is 0 Å². The number of amides is 1. The number of carboxylic acid groups (broad SMARTS) is 1. The quantitative estimate of drug-likeness (QED) is 0.0322. The molecule has 0 radical (unpaired) electrons. The third kappa shape index (κ3) is 40.5. The van der Waals surface area contributed by atoms with Gasteiger partial charge >= 0.3 is 11.9 Å². The largest absolute Gasteiger partial charge is 0.480 e. The fourth-order valence-electron chi connectivity index (χ4n) is 6.26. The summed E-state index contributed by atoms with van der Waals surface area (Å²) in [4.78, 5) is 36.5. The maximum absolute atomic E-state index is 12.8. The second kappa shape index (κ2) is 44.4. The van der Waals surface area contributed by atoms with Crippen molar-refractivity contribution in [2.75, 3.05) is 6.54 Å². The molecule has 0 fully saturated rings. The Kier molecular flexibility index (Phi) is 41.6. The molecule has 2 atom stereocenters. The Morgan fingerprint density at radius 1 is 0.500 bits per heavy atom. The molecule has 7 nitrogen and oxygen atoms in total. The summed E-state index contributed by atoms with van der Waals surface area (Å²) < 4.78 is 6.03. The highest BCUT2D eigenvalue weighted by molar-refractivity contribution is 5.83. The smallest absolute Gasteiger partial charge is 0.326 e. The summed E-state index contributed by atoms with van der Waals surface area (Å²) in [6, 6.07) is -0.869. The molecule has 0 saturated carbocycles. The monoisotopic (exact) mass is 805 g/mol. The van der Waals surface area contributed by atoms with E-state index in [-0.39, 0.29) is 18.0 Å². The molecule has 328 valence electrons. The van der Waals surface area contributed by atoms with Gasteiger partial charge in [0.1, 0.15) is 12.1 Å². The predicted molar refractivity (Wildman–Crippen MR) is 248 cm³/mol. The van der Waals surface area contributed by atoms with Crippen LogP contribution < -0.4 is 11.1 Å². The van der Waals surface area contributed by atoms with E-state index in [1.165, 1.54) is 0 Å². The van der Waals surface area contributed by atoms with Crippen LogP contribution in [0.1, 0.15) is 187 Å². The molecule has 2 unspecified atom stereocenters. The molecule has 0 rings (SSSR count). The van der Waals surface area contributed by atoms with Crippen molar-refractivity contribution in [2.45, 2.75) is 199 Å². The number of ether oxygens (including phenoxy) is 1. The lowest BCUT2D eigenvalue weighted by Gasteiger charge is -2.18. The molecule has 0 saturated heterocycles. The highest BCUT2D eigenvalue weighted by Crippen LogP contribution is 2.18. The summed E-state index contributed by atoms with van der Waals surface area (Å²) in [5.41, 5.74) is 5.49. The average Bonchev–Trinajstić information content (AvgIpc) is 3.21. The van der Waals surface area contributed by atoms with Crippen LogP contribution in [0.3, 0.4) is 0 Å². The first kappa shape index (κ1) is 54.3. The zero-order valence-electron chi connectivity index (χ0n) is 36.8. The number of esters is 1. The van der Waals surface area contributed by atoms with Crippen molar-refractivity contribution in [3.63, 3.8) is 0 Å². The minimum atomic E-state index is -1.01. The molecule has 1 amide bonds. The van der Waals surface area contributed by atoms with E-state index in [4.69, 9.17) is 10.5 Å². The van der Waals surface area contributed by atoms with Crippen molar-refractivity contribution in [3.05, 3.63) is 97.2 Å². The van der Waals surface area contributed by atoms with Crippen LogP contribution in [-0.2, 0) is 19.1 Å². The molecule has 58 heavy (non-hydrogen) atoms. The van der Waals surface area contributed by atoms with Gasteiger partial charge in [0.25, 0.3) is 0 Å². The van der Waals surface area contributed by atoms with Gasteiger partial charge in [-0.05, 0) is 135 Å². The molecule has 4 N–H and O–H groups in total. The van der Waals surface area contributed by atoms with Crippen molar-refractivity contribution in [3.8, 4) is 0 Å².